The molecule has 0 aliphatic carbocycles. The molecule has 0 aromatic heterocycles. The van der Waals surface area contributed by atoms with E-state index in [9.17, 15) is 9.59 Å². The Labute approximate surface area is 103 Å². The summed E-state index contributed by atoms with van der Waals surface area (Å²) in [7, 11) is 0. The second kappa shape index (κ2) is 7.00. The molecular weight excluding hydrogens is 212 g/mol. The lowest BCUT2D eigenvalue weighted by Crippen LogP contribution is -2.09. The molecular formula is C15H20O2. The Balaban J connectivity index is 2.51. The molecule has 1 aromatic rings. The van der Waals surface area contributed by atoms with Crippen molar-refractivity contribution in [1.29, 1.82) is 0 Å². The number of benzene rings is 1. The minimum atomic E-state index is -0.0110. The molecule has 0 radical (unpaired) electrons. The van der Waals surface area contributed by atoms with Crippen molar-refractivity contribution in [3.8, 4) is 0 Å². The zero-order valence-electron chi connectivity index (χ0n) is 10.6. The smallest absolute Gasteiger partial charge is 0.137 e. The number of carbonyl (C=O) groups excluding carboxylic acids is 2. The summed E-state index contributed by atoms with van der Waals surface area (Å²) in [5.74, 6) is 0.422. The fraction of sp³-hybridized carbons (Fsp3) is 0.467. The minimum Gasteiger partial charge on any atom is -0.300 e. The quantitative estimate of drug-likeness (QED) is 0.674. The van der Waals surface area contributed by atoms with Gasteiger partial charge in [0.05, 0.1) is 0 Å². The van der Waals surface area contributed by atoms with E-state index in [-0.39, 0.29) is 17.5 Å². The molecule has 0 bridgehead atoms. The van der Waals surface area contributed by atoms with Gasteiger partial charge in [0, 0.05) is 12.3 Å². The molecule has 17 heavy (non-hydrogen) atoms. The molecule has 92 valence electrons. The van der Waals surface area contributed by atoms with Crippen molar-refractivity contribution in [2.75, 3.05) is 0 Å². The van der Waals surface area contributed by atoms with Crippen molar-refractivity contribution in [2.24, 2.45) is 0 Å². The first-order valence-electron chi connectivity index (χ1n) is 6.16. The van der Waals surface area contributed by atoms with Gasteiger partial charge >= 0.3 is 0 Å². The molecule has 2 nitrogen and oxygen atoms in total. The van der Waals surface area contributed by atoms with Gasteiger partial charge in [-0.15, -0.1) is 0 Å². The van der Waals surface area contributed by atoms with Crippen LogP contribution in [0.25, 0.3) is 0 Å². The number of ketones is 2. The lowest BCUT2D eigenvalue weighted by Gasteiger charge is -2.13. The van der Waals surface area contributed by atoms with Crippen LogP contribution < -0.4 is 0 Å². The van der Waals surface area contributed by atoms with Crippen LogP contribution in [0.2, 0.25) is 0 Å². The molecule has 2 heteroatoms. The van der Waals surface area contributed by atoms with Crippen LogP contribution >= 0.6 is 0 Å². The van der Waals surface area contributed by atoms with Gasteiger partial charge in [-0.2, -0.15) is 0 Å². The van der Waals surface area contributed by atoms with Crippen LogP contribution in [0.4, 0.5) is 0 Å². The molecule has 0 amide bonds. The number of carbonyl (C=O) groups is 2. The summed E-state index contributed by atoms with van der Waals surface area (Å²) >= 11 is 0. The first kappa shape index (κ1) is 13.6. The Morgan fingerprint density at radius 2 is 1.71 bits per heavy atom. The van der Waals surface area contributed by atoms with E-state index < -0.39 is 0 Å². The van der Waals surface area contributed by atoms with Gasteiger partial charge in [0.15, 0.2) is 0 Å². The Morgan fingerprint density at radius 3 is 2.24 bits per heavy atom. The van der Waals surface area contributed by atoms with Gasteiger partial charge in [0.1, 0.15) is 11.6 Å². The van der Waals surface area contributed by atoms with Gasteiger partial charge in [0.2, 0.25) is 0 Å². The number of Topliss-reactive ketones (excluding diaryl/α,β-unsaturated/α-hetero) is 2. The summed E-state index contributed by atoms with van der Waals surface area (Å²) in [6.07, 6.45) is 3.27. The highest BCUT2D eigenvalue weighted by Gasteiger charge is 2.15. The molecule has 0 spiro atoms. The lowest BCUT2D eigenvalue weighted by molar-refractivity contribution is -0.118. The van der Waals surface area contributed by atoms with Gasteiger partial charge in [-0.1, -0.05) is 36.8 Å². The van der Waals surface area contributed by atoms with Gasteiger partial charge in [0.25, 0.3) is 0 Å². The van der Waals surface area contributed by atoms with Crippen LogP contribution in [0, 0.1) is 0 Å². The highest BCUT2D eigenvalue weighted by molar-refractivity contribution is 5.83. The van der Waals surface area contributed by atoms with Gasteiger partial charge in [-0.25, -0.2) is 0 Å². The standard InChI is InChI=1S/C15H20O2/c1-12(16)8-6-7-11-15(13(2)17)14-9-4-3-5-10-14/h3-5,9-10,15H,6-8,11H2,1-2H3. The van der Waals surface area contributed by atoms with Crippen molar-refractivity contribution >= 4 is 11.6 Å². The van der Waals surface area contributed by atoms with Crippen molar-refractivity contribution in [2.45, 2.75) is 45.4 Å². The first-order valence-corrected chi connectivity index (χ1v) is 6.16. The summed E-state index contributed by atoms with van der Waals surface area (Å²) < 4.78 is 0. The molecule has 0 N–H and O–H groups in total. The highest BCUT2D eigenvalue weighted by Crippen LogP contribution is 2.23. The Bertz CT molecular complexity index is 368. The summed E-state index contributed by atoms with van der Waals surface area (Å²) in [5, 5.41) is 0. The zero-order chi connectivity index (χ0) is 12.7. The first-order chi connectivity index (χ1) is 8.11. The predicted octanol–water partition coefficient (Wildman–Crippen LogP) is 3.51. The fourth-order valence-corrected chi connectivity index (χ4v) is 2.01. The van der Waals surface area contributed by atoms with E-state index in [0.29, 0.717) is 6.42 Å². The normalized spacial score (nSPS) is 12.1. The topological polar surface area (TPSA) is 34.1 Å². The van der Waals surface area contributed by atoms with Crippen LogP contribution in [0.3, 0.4) is 0 Å². The maximum absolute atomic E-state index is 11.6. The van der Waals surface area contributed by atoms with Crippen LogP contribution in [0.15, 0.2) is 30.3 Å². The van der Waals surface area contributed by atoms with Crippen molar-refractivity contribution < 1.29 is 9.59 Å². The van der Waals surface area contributed by atoms with E-state index in [1.165, 1.54) is 0 Å². The molecule has 0 saturated carbocycles. The van der Waals surface area contributed by atoms with Crippen LogP contribution in [0.1, 0.15) is 51.0 Å². The van der Waals surface area contributed by atoms with E-state index in [1.807, 2.05) is 30.3 Å². The summed E-state index contributed by atoms with van der Waals surface area (Å²) in [4.78, 5) is 22.4. The maximum atomic E-state index is 11.6. The second-order valence-electron chi connectivity index (χ2n) is 4.52. The third-order valence-corrected chi connectivity index (χ3v) is 2.96. The average Bonchev–Trinajstić information content (AvgIpc) is 2.29. The molecule has 0 saturated heterocycles. The van der Waals surface area contributed by atoms with Crippen molar-refractivity contribution in [3.05, 3.63) is 35.9 Å². The minimum absolute atomic E-state index is 0.0110. The predicted molar refractivity (Wildman–Crippen MR) is 69.0 cm³/mol. The summed E-state index contributed by atoms with van der Waals surface area (Å²) in [5.41, 5.74) is 1.09. The Morgan fingerprint density at radius 1 is 1.06 bits per heavy atom. The zero-order valence-corrected chi connectivity index (χ0v) is 10.6. The second-order valence-corrected chi connectivity index (χ2v) is 4.52. The Kier molecular flexibility index (Phi) is 5.61. The third kappa shape index (κ3) is 4.94. The van der Waals surface area contributed by atoms with Crippen molar-refractivity contribution in [1.82, 2.24) is 0 Å². The number of rotatable bonds is 7. The average molecular weight is 232 g/mol. The summed E-state index contributed by atoms with van der Waals surface area (Å²) in [6, 6.07) is 9.87. The van der Waals surface area contributed by atoms with Crippen molar-refractivity contribution in [3.63, 3.8) is 0 Å². The lowest BCUT2D eigenvalue weighted by atomic mass is 9.90. The van der Waals surface area contributed by atoms with Gasteiger partial charge in [-0.3, -0.25) is 4.79 Å². The molecule has 1 unspecified atom stereocenters. The van der Waals surface area contributed by atoms with E-state index >= 15 is 0 Å². The number of unbranched alkanes of at least 4 members (excludes halogenated alkanes) is 1. The molecule has 0 aliphatic rings. The summed E-state index contributed by atoms with van der Waals surface area (Å²) in [6.45, 7) is 3.25. The highest BCUT2D eigenvalue weighted by atomic mass is 16.1. The molecule has 0 fully saturated rings. The molecule has 0 heterocycles. The van der Waals surface area contributed by atoms with Crippen LogP contribution in [-0.4, -0.2) is 11.6 Å². The van der Waals surface area contributed by atoms with E-state index in [1.54, 1.807) is 13.8 Å². The third-order valence-electron chi connectivity index (χ3n) is 2.96. The number of hydrogen-bond donors (Lipinski definition) is 0. The van der Waals surface area contributed by atoms with Crippen LogP contribution in [-0.2, 0) is 9.59 Å². The van der Waals surface area contributed by atoms with Gasteiger partial charge < -0.3 is 4.79 Å². The van der Waals surface area contributed by atoms with E-state index in [0.717, 1.165) is 24.8 Å². The fourth-order valence-electron chi connectivity index (χ4n) is 2.01. The van der Waals surface area contributed by atoms with E-state index in [4.69, 9.17) is 0 Å². The maximum Gasteiger partial charge on any atom is 0.137 e. The molecule has 1 aromatic carbocycles. The number of hydrogen-bond acceptors (Lipinski definition) is 2. The van der Waals surface area contributed by atoms with Gasteiger partial charge in [-0.05, 0) is 32.3 Å². The molecule has 1 rings (SSSR count). The molecule has 1 atom stereocenters. The van der Waals surface area contributed by atoms with E-state index in [2.05, 4.69) is 0 Å². The monoisotopic (exact) mass is 232 g/mol. The Hall–Kier alpha value is -1.44. The SMILES string of the molecule is CC(=O)CCCCC(C(C)=O)c1ccccc1. The largest absolute Gasteiger partial charge is 0.300 e. The van der Waals surface area contributed by atoms with Crippen LogP contribution in [0.5, 0.6) is 0 Å². The molecule has 0 aliphatic heterocycles.